The van der Waals surface area contributed by atoms with Gasteiger partial charge in [0.25, 0.3) is 0 Å². The molecule has 2 N–H and O–H groups in total. The molecule has 0 aliphatic heterocycles. The maximum absolute atomic E-state index is 13.8. The topological polar surface area (TPSA) is 198 Å². The second-order valence-electron chi connectivity index (χ2n) is 15.0. The lowest BCUT2D eigenvalue weighted by Crippen LogP contribution is -2.59. The summed E-state index contributed by atoms with van der Waals surface area (Å²) in [6.45, 7) is 17.9. The predicted octanol–water partition coefficient (Wildman–Crippen LogP) is 3.80. The van der Waals surface area contributed by atoms with E-state index in [0.717, 1.165) is 27.7 Å². The summed E-state index contributed by atoms with van der Waals surface area (Å²) in [6, 6.07) is 7.80. The minimum atomic E-state index is -2.36. The van der Waals surface area contributed by atoms with Crippen molar-refractivity contribution in [2.45, 2.75) is 123 Å². The molecule has 10 atom stereocenters. The van der Waals surface area contributed by atoms with Gasteiger partial charge >= 0.3 is 35.8 Å². The fourth-order valence-corrected chi connectivity index (χ4v) is 7.30. The van der Waals surface area contributed by atoms with Crippen LogP contribution in [0.3, 0.4) is 0 Å². The van der Waals surface area contributed by atoms with Crippen molar-refractivity contribution < 1.29 is 67.4 Å². The smallest absolute Gasteiger partial charge is 0.338 e. The van der Waals surface area contributed by atoms with E-state index in [1.54, 1.807) is 51.1 Å². The van der Waals surface area contributed by atoms with Crippen molar-refractivity contribution in [2.24, 2.45) is 23.2 Å². The van der Waals surface area contributed by atoms with Gasteiger partial charge in [0, 0.05) is 51.0 Å². The van der Waals surface area contributed by atoms with Gasteiger partial charge in [-0.05, 0) is 19.1 Å². The highest BCUT2D eigenvalue weighted by Crippen LogP contribution is 2.54. The molecule has 0 radical (unpaired) electrons. The van der Waals surface area contributed by atoms with Crippen LogP contribution < -0.4 is 0 Å². The number of ether oxygens (including phenoxy) is 6. The maximum Gasteiger partial charge on any atom is 0.338 e. The lowest BCUT2D eigenvalue weighted by molar-refractivity contribution is -0.194. The van der Waals surface area contributed by atoms with Crippen LogP contribution in [0, 0.1) is 23.2 Å². The molecule has 0 heterocycles. The Kier molecular flexibility index (Phi) is 13.4. The quantitative estimate of drug-likeness (QED) is 0.221. The lowest BCUT2D eigenvalue weighted by atomic mass is 9.71. The van der Waals surface area contributed by atoms with Crippen molar-refractivity contribution in [3.63, 3.8) is 0 Å². The first kappa shape index (κ1) is 42.8. The molecule has 2 aliphatic rings. The molecule has 1 aromatic rings. The molecule has 0 saturated heterocycles. The Labute approximate surface area is 309 Å². The summed E-state index contributed by atoms with van der Waals surface area (Å²) in [4.78, 5) is 78.0. The monoisotopic (exact) mass is 744 g/mol. The average Bonchev–Trinajstić information content (AvgIpc) is 3.26. The Bertz CT molecular complexity index is 1600. The van der Waals surface area contributed by atoms with Gasteiger partial charge < -0.3 is 38.6 Å². The molecule has 14 nitrogen and oxygen atoms in total. The summed E-state index contributed by atoms with van der Waals surface area (Å²) >= 11 is 0. The van der Waals surface area contributed by atoms with Gasteiger partial charge in [-0.1, -0.05) is 71.5 Å². The number of carbonyl (C=O) groups is 6. The maximum atomic E-state index is 13.8. The molecule has 0 bridgehead atoms. The molecule has 0 amide bonds. The van der Waals surface area contributed by atoms with Gasteiger partial charge in [0.2, 0.25) is 0 Å². The molecule has 1 saturated carbocycles. The first-order chi connectivity index (χ1) is 24.4. The van der Waals surface area contributed by atoms with E-state index in [1.165, 1.54) is 32.9 Å². The van der Waals surface area contributed by atoms with Crippen molar-refractivity contribution in [3.8, 4) is 0 Å². The van der Waals surface area contributed by atoms with Crippen LogP contribution in [0.25, 0.3) is 0 Å². The normalized spacial score (nSPS) is 32.6. The fraction of sp³-hybridized carbons (Fsp3) is 0.590. The molecule has 0 spiro atoms. The van der Waals surface area contributed by atoms with Crippen LogP contribution in [0.2, 0.25) is 0 Å². The summed E-state index contributed by atoms with van der Waals surface area (Å²) in [5.41, 5.74) is -5.69. The van der Waals surface area contributed by atoms with E-state index in [9.17, 15) is 39.0 Å². The third-order valence-electron chi connectivity index (χ3n) is 9.56. The number of hydrogen-bond acceptors (Lipinski definition) is 14. The Morgan fingerprint density at radius 1 is 0.774 bits per heavy atom. The van der Waals surface area contributed by atoms with E-state index in [0.29, 0.717) is 0 Å². The van der Waals surface area contributed by atoms with Gasteiger partial charge in [-0.25, -0.2) is 4.79 Å². The van der Waals surface area contributed by atoms with E-state index in [-0.39, 0.29) is 11.1 Å². The first-order valence-corrected chi connectivity index (χ1v) is 17.4. The summed E-state index contributed by atoms with van der Waals surface area (Å²) in [5.74, 6) is -8.37. The van der Waals surface area contributed by atoms with E-state index >= 15 is 0 Å². The highest BCUT2D eigenvalue weighted by Gasteiger charge is 2.70. The van der Waals surface area contributed by atoms with Gasteiger partial charge in [-0.3, -0.25) is 24.0 Å². The average molecular weight is 745 g/mol. The Balaban J connectivity index is 2.51. The van der Waals surface area contributed by atoms with Crippen LogP contribution in [0.15, 0.2) is 54.6 Å². The summed E-state index contributed by atoms with van der Waals surface area (Å²) in [5, 5.41) is 25.2. The van der Waals surface area contributed by atoms with Crippen molar-refractivity contribution >= 4 is 35.8 Å². The Hall–Kier alpha value is -4.56. The number of carbonyl (C=O) groups excluding carboxylic acids is 6. The van der Waals surface area contributed by atoms with Crippen molar-refractivity contribution in [2.75, 3.05) is 0 Å². The number of aliphatic hydroxyl groups excluding tert-OH is 1. The molecule has 0 aromatic heterocycles. The standard InChI is InChI=1S/C39H52O14/c1-20(2)35(45)51-31-22(4)30(48-23(5)40)28-33(52-36(46)27-15-13-12-14-16-27)38(11,53-26(8)43)19-39(28,47)32(49-24(6)41)21(3)17-18-37(9,10)34(29(31)44)50-25(7)42/h12-18,20-21,28-34,44,47H,4,19H2,1-3,5-11H3/t21-,28-,29+,30-,31+,32-,33+,34+,38+,39+/m0/s1. The second kappa shape index (κ2) is 16.6. The molecule has 1 aromatic carbocycles. The van der Waals surface area contributed by atoms with Crippen LogP contribution in [-0.2, 0) is 52.4 Å². The van der Waals surface area contributed by atoms with Gasteiger partial charge in [-0.15, -0.1) is 0 Å². The largest absolute Gasteiger partial charge is 0.459 e. The number of hydrogen-bond donors (Lipinski definition) is 2. The minimum Gasteiger partial charge on any atom is -0.459 e. The molecule has 14 heteroatoms. The molecule has 53 heavy (non-hydrogen) atoms. The van der Waals surface area contributed by atoms with Crippen molar-refractivity contribution in [1.82, 2.24) is 0 Å². The van der Waals surface area contributed by atoms with Crippen molar-refractivity contribution in [1.29, 1.82) is 0 Å². The number of benzene rings is 1. The van der Waals surface area contributed by atoms with Gasteiger partial charge in [0.1, 0.15) is 35.6 Å². The minimum absolute atomic E-state index is 0.0857. The van der Waals surface area contributed by atoms with Crippen LogP contribution >= 0.6 is 0 Å². The van der Waals surface area contributed by atoms with Gasteiger partial charge in [-0.2, -0.15) is 0 Å². The number of rotatable bonds is 8. The first-order valence-electron chi connectivity index (χ1n) is 17.4. The van der Waals surface area contributed by atoms with E-state index in [1.807, 2.05) is 0 Å². The molecule has 3 rings (SSSR count). The number of aliphatic hydroxyl groups is 2. The zero-order valence-electron chi connectivity index (χ0n) is 31.9. The molecule has 0 unspecified atom stereocenters. The predicted molar refractivity (Wildman–Crippen MR) is 187 cm³/mol. The highest BCUT2D eigenvalue weighted by molar-refractivity contribution is 5.89. The third kappa shape index (κ3) is 9.71. The molecule has 1 fully saturated rings. The summed E-state index contributed by atoms with van der Waals surface area (Å²) < 4.78 is 35.1. The second-order valence-corrected chi connectivity index (χ2v) is 15.0. The van der Waals surface area contributed by atoms with Crippen LogP contribution in [0.5, 0.6) is 0 Å². The Morgan fingerprint density at radius 3 is 1.83 bits per heavy atom. The zero-order chi connectivity index (χ0) is 40.2. The van der Waals surface area contributed by atoms with Crippen LogP contribution in [0.1, 0.15) is 86.0 Å². The molecular weight excluding hydrogens is 692 g/mol. The number of fused-ring (bicyclic) bond motifs is 1. The zero-order valence-corrected chi connectivity index (χ0v) is 31.9. The summed E-state index contributed by atoms with van der Waals surface area (Å²) in [6.07, 6.45) is -7.41. The number of esters is 6. The Morgan fingerprint density at radius 2 is 1.32 bits per heavy atom. The van der Waals surface area contributed by atoms with Crippen LogP contribution in [0.4, 0.5) is 0 Å². The molecule has 292 valence electrons. The van der Waals surface area contributed by atoms with E-state index < -0.39 is 113 Å². The van der Waals surface area contributed by atoms with E-state index in [2.05, 4.69) is 6.58 Å². The molecular formula is C39H52O14. The van der Waals surface area contributed by atoms with Gasteiger partial charge in [0.15, 0.2) is 12.2 Å². The van der Waals surface area contributed by atoms with Gasteiger partial charge in [0.05, 0.1) is 17.4 Å². The fourth-order valence-electron chi connectivity index (χ4n) is 7.30. The SMILES string of the molecule is C=C1[C@@H](OC(=O)C(C)C)[C@@H](O)[C@@H](OC(C)=O)C(C)(C)C=C[C@H](C)[C@H](OC(C)=O)[C@@]2(O)C[C@@](C)(OC(C)=O)[C@H](OC(=O)c3ccccc3)[C@@H]2[C@H]1OC(C)=O. The third-order valence-corrected chi connectivity index (χ3v) is 9.56. The highest BCUT2D eigenvalue weighted by atomic mass is 16.6. The van der Waals surface area contributed by atoms with E-state index in [4.69, 9.17) is 28.4 Å². The van der Waals surface area contributed by atoms with Crippen molar-refractivity contribution in [3.05, 3.63) is 60.2 Å². The molecule has 2 aliphatic carbocycles. The summed E-state index contributed by atoms with van der Waals surface area (Å²) in [7, 11) is 0. The van der Waals surface area contributed by atoms with Crippen LogP contribution in [-0.4, -0.2) is 93.9 Å². The lowest BCUT2D eigenvalue weighted by Gasteiger charge is -2.45.